The van der Waals surface area contributed by atoms with Gasteiger partial charge in [-0.05, 0) is 18.2 Å². The Morgan fingerprint density at radius 1 is 1.22 bits per heavy atom. The molecule has 0 fully saturated rings. The van der Waals surface area contributed by atoms with Gasteiger partial charge in [0.1, 0.15) is 11.8 Å². The molecule has 0 aliphatic carbocycles. The number of hydrogen-bond acceptors (Lipinski definition) is 5. The maximum absolute atomic E-state index is 8.78. The third kappa shape index (κ3) is 3.01. The normalized spacial score (nSPS) is 9.78. The third-order valence-electron chi connectivity index (χ3n) is 2.53. The lowest BCUT2D eigenvalue weighted by Gasteiger charge is -2.16. The molecule has 5 nitrogen and oxygen atoms in total. The fraction of sp³-hybridized carbons (Fsp3) is 0.231. The van der Waals surface area contributed by atoms with Crippen molar-refractivity contribution in [3.05, 3.63) is 48.0 Å². The van der Waals surface area contributed by atoms with E-state index < -0.39 is 0 Å². The zero-order valence-corrected chi connectivity index (χ0v) is 10.1. The number of aromatic nitrogens is 3. The van der Waals surface area contributed by atoms with Crippen molar-refractivity contribution in [2.75, 3.05) is 18.5 Å². The van der Waals surface area contributed by atoms with Crippen molar-refractivity contribution in [2.24, 2.45) is 0 Å². The topological polar surface area (TPSA) is 65.7 Å². The van der Waals surface area contributed by atoms with Crippen LogP contribution >= 0.6 is 0 Å². The summed E-state index contributed by atoms with van der Waals surface area (Å²) in [5.74, 6) is 0.560. The van der Waals surface area contributed by atoms with Gasteiger partial charge in [-0.1, -0.05) is 6.07 Å². The molecule has 18 heavy (non-hydrogen) atoms. The molecule has 0 amide bonds. The summed E-state index contributed by atoms with van der Waals surface area (Å²) >= 11 is 0. The number of nitrogens with zero attached hydrogens (tertiary/aromatic N) is 5. The number of nitriles is 1. The van der Waals surface area contributed by atoms with Crippen molar-refractivity contribution < 1.29 is 0 Å². The van der Waals surface area contributed by atoms with Crippen LogP contribution in [0.4, 0.5) is 5.95 Å². The number of anilines is 1. The summed E-state index contributed by atoms with van der Waals surface area (Å²) in [4.78, 5) is 14.5. The van der Waals surface area contributed by atoms with Crippen LogP contribution in [0.2, 0.25) is 0 Å². The van der Waals surface area contributed by atoms with Gasteiger partial charge in [0.15, 0.2) is 0 Å². The summed E-state index contributed by atoms with van der Waals surface area (Å²) in [5.41, 5.74) is 1.41. The summed E-state index contributed by atoms with van der Waals surface area (Å²) < 4.78 is 0. The quantitative estimate of drug-likeness (QED) is 0.807. The van der Waals surface area contributed by atoms with Gasteiger partial charge in [0.05, 0.1) is 0 Å². The van der Waals surface area contributed by atoms with E-state index in [0.29, 0.717) is 11.6 Å². The molecule has 0 atom stereocenters. The third-order valence-corrected chi connectivity index (χ3v) is 2.53. The van der Waals surface area contributed by atoms with Gasteiger partial charge in [-0.2, -0.15) is 5.26 Å². The predicted octanol–water partition coefficient (Wildman–Crippen LogP) is 1.42. The smallest absolute Gasteiger partial charge is 0.226 e. The SMILES string of the molecule is CN(CCc1ccccn1)c1nccc(C#N)n1. The molecule has 2 aromatic rings. The molecular formula is C13H13N5. The Labute approximate surface area is 106 Å². The molecule has 0 aromatic carbocycles. The minimum Gasteiger partial charge on any atom is -0.343 e. The van der Waals surface area contributed by atoms with E-state index in [1.54, 1.807) is 18.5 Å². The number of rotatable bonds is 4. The summed E-state index contributed by atoms with van der Waals surface area (Å²) in [6, 6.07) is 9.45. The van der Waals surface area contributed by atoms with Crippen LogP contribution in [0.3, 0.4) is 0 Å². The van der Waals surface area contributed by atoms with Crippen molar-refractivity contribution in [2.45, 2.75) is 6.42 Å². The van der Waals surface area contributed by atoms with Gasteiger partial charge in [-0.3, -0.25) is 4.98 Å². The zero-order chi connectivity index (χ0) is 12.8. The van der Waals surface area contributed by atoms with Crippen molar-refractivity contribution >= 4 is 5.95 Å². The Bertz CT molecular complexity index is 547. The van der Waals surface area contributed by atoms with E-state index in [4.69, 9.17) is 5.26 Å². The summed E-state index contributed by atoms with van der Waals surface area (Å²) in [5, 5.41) is 8.78. The second kappa shape index (κ2) is 5.73. The van der Waals surface area contributed by atoms with E-state index in [9.17, 15) is 0 Å². The van der Waals surface area contributed by atoms with Crippen LogP contribution in [-0.2, 0) is 6.42 Å². The van der Waals surface area contributed by atoms with Crippen LogP contribution < -0.4 is 4.90 Å². The molecule has 0 N–H and O–H groups in total. The summed E-state index contributed by atoms with van der Waals surface area (Å²) in [6.45, 7) is 0.756. The van der Waals surface area contributed by atoms with Gasteiger partial charge in [0.2, 0.25) is 5.95 Å². The molecule has 2 rings (SSSR count). The van der Waals surface area contributed by atoms with Crippen molar-refractivity contribution in [3.8, 4) is 6.07 Å². The van der Waals surface area contributed by atoms with Crippen molar-refractivity contribution in [1.82, 2.24) is 15.0 Å². The molecule has 2 heterocycles. The van der Waals surface area contributed by atoms with Crippen LogP contribution in [0.5, 0.6) is 0 Å². The minimum absolute atomic E-state index is 0.379. The van der Waals surface area contributed by atoms with Crippen molar-refractivity contribution in [3.63, 3.8) is 0 Å². The highest BCUT2D eigenvalue weighted by Gasteiger charge is 2.05. The van der Waals surface area contributed by atoms with Crippen LogP contribution in [-0.4, -0.2) is 28.5 Å². The Morgan fingerprint density at radius 3 is 2.83 bits per heavy atom. The molecule has 0 bridgehead atoms. The van der Waals surface area contributed by atoms with Crippen LogP contribution in [0.25, 0.3) is 0 Å². The number of pyridine rings is 1. The molecule has 2 aromatic heterocycles. The molecule has 0 saturated heterocycles. The van der Waals surface area contributed by atoms with Gasteiger partial charge >= 0.3 is 0 Å². The molecule has 90 valence electrons. The fourth-order valence-corrected chi connectivity index (χ4v) is 1.52. The summed E-state index contributed by atoms with van der Waals surface area (Å²) in [6.07, 6.45) is 4.19. The largest absolute Gasteiger partial charge is 0.343 e. The maximum atomic E-state index is 8.78. The standard InChI is InChI=1S/C13H13N5/c1-18(9-6-11-4-2-3-7-15-11)13-16-8-5-12(10-14)17-13/h2-5,7-8H,6,9H2,1H3. The van der Waals surface area contributed by atoms with E-state index in [2.05, 4.69) is 15.0 Å². The van der Waals surface area contributed by atoms with Gasteiger partial charge < -0.3 is 4.90 Å². The van der Waals surface area contributed by atoms with Crippen LogP contribution in [0, 0.1) is 11.3 Å². The van der Waals surface area contributed by atoms with Gasteiger partial charge in [-0.15, -0.1) is 0 Å². The Kier molecular flexibility index (Phi) is 3.82. The Hall–Kier alpha value is -2.48. The predicted molar refractivity (Wildman–Crippen MR) is 68.0 cm³/mol. The van der Waals surface area contributed by atoms with E-state index in [-0.39, 0.29) is 0 Å². The summed E-state index contributed by atoms with van der Waals surface area (Å²) in [7, 11) is 1.90. The molecule has 0 aliphatic rings. The van der Waals surface area contributed by atoms with Gasteiger partial charge in [-0.25, -0.2) is 9.97 Å². The monoisotopic (exact) mass is 239 g/mol. The highest BCUT2D eigenvalue weighted by Crippen LogP contribution is 2.06. The average Bonchev–Trinajstić information content (AvgIpc) is 2.46. The zero-order valence-electron chi connectivity index (χ0n) is 10.1. The second-order valence-corrected chi connectivity index (χ2v) is 3.85. The highest BCUT2D eigenvalue weighted by atomic mass is 15.2. The number of hydrogen-bond donors (Lipinski definition) is 0. The lowest BCUT2D eigenvalue weighted by Crippen LogP contribution is -2.23. The van der Waals surface area contributed by atoms with E-state index in [0.717, 1.165) is 18.7 Å². The molecular weight excluding hydrogens is 226 g/mol. The average molecular weight is 239 g/mol. The minimum atomic E-state index is 0.379. The molecule has 0 unspecified atom stereocenters. The van der Waals surface area contributed by atoms with E-state index in [1.165, 1.54) is 0 Å². The van der Waals surface area contributed by atoms with E-state index >= 15 is 0 Å². The Balaban J connectivity index is 1.99. The molecule has 5 heteroatoms. The molecule has 0 spiro atoms. The lowest BCUT2D eigenvalue weighted by molar-refractivity contribution is 0.819. The van der Waals surface area contributed by atoms with Crippen LogP contribution in [0.1, 0.15) is 11.4 Å². The molecule has 0 aliphatic heterocycles. The second-order valence-electron chi connectivity index (χ2n) is 3.85. The highest BCUT2D eigenvalue weighted by molar-refractivity contribution is 5.32. The first-order chi connectivity index (χ1) is 8.79. The molecule has 0 radical (unpaired) electrons. The van der Waals surface area contributed by atoms with Gasteiger partial charge in [0, 0.05) is 38.1 Å². The van der Waals surface area contributed by atoms with Gasteiger partial charge in [0.25, 0.3) is 0 Å². The lowest BCUT2D eigenvalue weighted by atomic mass is 10.2. The number of likely N-dealkylation sites (N-methyl/N-ethyl adjacent to an activating group) is 1. The molecule has 0 saturated carbocycles. The fourth-order valence-electron chi connectivity index (χ4n) is 1.52. The first kappa shape index (κ1) is 12.0. The van der Waals surface area contributed by atoms with Crippen LogP contribution in [0.15, 0.2) is 36.7 Å². The van der Waals surface area contributed by atoms with Crippen molar-refractivity contribution in [1.29, 1.82) is 5.26 Å². The first-order valence-corrected chi connectivity index (χ1v) is 5.64. The first-order valence-electron chi connectivity index (χ1n) is 5.64. The Morgan fingerprint density at radius 2 is 2.11 bits per heavy atom. The van der Waals surface area contributed by atoms with E-state index in [1.807, 2.05) is 36.2 Å². The maximum Gasteiger partial charge on any atom is 0.226 e.